The summed E-state index contributed by atoms with van der Waals surface area (Å²) in [4.78, 5) is 14.0. The number of carbonyl (C=O) groups excluding carboxylic acids is 1. The van der Waals surface area contributed by atoms with E-state index >= 15 is 0 Å². The van der Waals surface area contributed by atoms with Gasteiger partial charge in [0.25, 0.3) is 0 Å². The molecule has 1 amide bonds. The summed E-state index contributed by atoms with van der Waals surface area (Å²) in [6.07, 6.45) is 1.08. The number of hydrogen-bond acceptors (Lipinski definition) is 4. The summed E-state index contributed by atoms with van der Waals surface area (Å²) in [6, 6.07) is 16.2. The molecule has 2 N–H and O–H groups in total. The lowest BCUT2D eigenvalue weighted by Crippen LogP contribution is -2.27. The van der Waals surface area contributed by atoms with Crippen molar-refractivity contribution < 1.29 is 10.0 Å². The second kappa shape index (κ2) is 9.71. The fraction of sp³-hybridized carbons (Fsp3) is 0.435. The monoisotopic (exact) mass is 383 g/mol. The SMILES string of the molecule is CN(C)CCCC(=O)N(O)Cc1ccc(Nc2ccc(C(C)(C)C)cc2)cc1. The molecule has 0 spiro atoms. The highest BCUT2D eigenvalue weighted by molar-refractivity contribution is 5.74. The van der Waals surface area contributed by atoms with Gasteiger partial charge in [-0.2, -0.15) is 0 Å². The Labute approximate surface area is 168 Å². The first-order valence-electron chi connectivity index (χ1n) is 9.75. The molecular formula is C23H33N3O2. The lowest BCUT2D eigenvalue weighted by atomic mass is 9.87. The zero-order chi connectivity index (χ0) is 20.7. The van der Waals surface area contributed by atoms with Crippen molar-refractivity contribution in [3.8, 4) is 0 Å². The molecule has 0 aliphatic heterocycles. The van der Waals surface area contributed by atoms with Crippen molar-refractivity contribution in [3.63, 3.8) is 0 Å². The number of rotatable bonds is 8. The van der Waals surface area contributed by atoms with Crippen LogP contribution in [0.1, 0.15) is 44.7 Å². The van der Waals surface area contributed by atoms with Gasteiger partial charge in [-0.3, -0.25) is 10.0 Å². The second-order valence-electron chi connectivity index (χ2n) is 8.51. The molecule has 0 aliphatic rings. The minimum atomic E-state index is -0.247. The molecule has 28 heavy (non-hydrogen) atoms. The number of nitrogens with one attached hydrogen (secondary N) is 1. The van der Waals surface area contributed by atoms with E-state index in [4.69, 9.17) is 0 Å². The Bertz CT molecular complexity index is 747. The Hall–Kier alpha value is -2.37. The van der Waals surface area contributed by atoms with Gasteiger partial charge in [-0.05, 0) is 67.9 Å². The van der Waals surface area contributed by atoms with Crippen molar-refractivity contribution in [2.24, 2.45) is 0 Å². The predicted octanol–water partition coefficient (Wildman–Crippen LogP) is 4.79. The average molecular weight is 384 g/mol. The van der Waals surface area contributed by atoms with Gasteiger partial charge in [0.15, 0.2) is 0 Å². The zero-order valence-electron chi connectivity index (χ0n) is 17.7. The molecule has 0 saturated carbocycles. The highest BCUT2D eigenvalue weighted by Crippen LogP contribution is 2.25. The van der Waals surface area contributed by atoms with Crippen LogP contribution in [0.4, 0.5) is 11.4 Å². The summed E-state index contributed by atoms with van der Waals surface area (Å²) in [5.41, 5.74) is 4.32. The molecule has 2 aromatic carbocycles. The van der Waals surface area contributed by atoms with Gasteiger partial charge in [-0.1, -0.05) is 45.0 Å². The standard InChI is InChI=1S/C23H33N3O2/c1-23(2,3)19-10-14-21(15-11-19)24-20-12-8-18(9-13-20)17-26(28)22(27)7-6-16-25(4)5/h8-15,24,28H,6-7,16-17H2,1-5H3. The summed E-state index contributed by atoms with van der Waals surface area (Å²) >= 11 is 0. The maximum absolute atomic E-state index is 12.0. The summed E-state index contributed by atoms with van der Waals surface area (Å²) in [6.45, 7) is 7.63. The smallest absolute Gasteiger partial charge is 0.246 e. The largest absolute Gasteiger partial charge is 0.356 e. The molecule has 152 valence electrons. The number of amides is 1. The fourth-order valence-electron chi connectivity index (χ4n) is 2.85. The third-order valence-electron chi connectivity index (χ3n) is 4.61. The van der Waals surface area contributed by atoms with Gasteiger partial charge in [0, 0.05) is 17.8 Å². The number of benzene rings is 2. The molecule has 0 atom stereocenters. The lowest BCUT2D eigenvalue weighted by molar-refractivity contribution is -0.168. The Morgan fingerprint density at radius 2 is 1.50 bits per heavy atom. The van der Waals surface area contributed by atoms with E-state index in [-0.39, 0.29) is 17.9 Å². The third-order valence-corrected chi connectivity index (χ3v) is 4.61. The number of hydroxylamine groups is 2. The number of hydrogen-bond donors (Lipinski definition) is 2. The van der Waals surface area contributed by atoms with Crippen LogP contribution in [0.3, 0.4) is 0 Å². The van der Waals surface area contributed by atoms with Gasteiger partial charge in [0.1, 0.15) is 0 Å². The van der Waals surface area contributed by atoms with Crippen LogP contribution in [0.5, 0.6) is 0 Å². The summed E-state index contributed by atoms with van der Waals surface area (Å²) in [5, 5.41) is 14.2. The molecule has 2 rings (SSSR count). The highest BCUT2D eigenvalue weighted by atomic mass is 16.5. The molecule has 0 saturated heterocycles. The predicted molar refractivity (Wildman–Crippen MR) is 115 cm³/mol. The normalized spacial score (nSPS) is 11.5. The van der Waals surface area contributed by atoms with Crippen LogP contribution in [0.15, 0.2) is 48.5 Å². The van der Waals surface area contributed by atoms with E-state index in [1.165, 1.54) is 5.56 Å². The zero-order valence-corrected chi connectivity index (χ0v) is 17.7. The van der Waals surface area contributed by atoms with Crippen LogP contribution in [0.25, 0.3) is 0 Å². The molecule has 2 aromatic rings. The van der Waals surface area contributed by atoms with Gasteiger partial charge in [0.2, 0.25) is 5.91 Å². The van der Waals surface area contributed by atoms with Crippen molar-refractivity contribution in [1.29, 1.82) is 0 Å². The Morgan fingerprint density at radius 3 is 2.00 bits per heavy atom. The maximum atomic E-state index is 12.0. The molecular weight excluding hydrogens is 350 g/mol. The van der Waals surface area contributed by atoms with Crippen molar-refractivity contribution in [1.82, 2.24) is 9.96 Å². The van der Waals surface area contributed by atoms with E-state index in [0.717, 1.165) is 35.0 Å². The molecule has 0 heterocycles. The van der Waals surface area contributed by atoms with E-state index < -0.39 is 0 Å². The van der Waals surface area contributed by atoms with Crippen LogP contribution >= 0.6 is 0 Å². The first-order chi connectivity index (χ1) is 13.1. The van der Waals surface area contributed by atoms with Crippen LogP contribution in [-0.4, -0.2) is 41.7 Å². The third kappa shape index (κ3) is 6.98. The summed E-state index contributed by atoms with van der Waals surface area (Å²) in [5.74, 6) is -0.247. The fourth-order valence-corrected chi connectivity index (χ4v) is 2.85. The number of nitrogens with zero attached hydrogens (tertiary/aromatic N) is 2. The van der Waals surface area contributed by atoms with Crippen LogP contribution in [-0.2, 0) is 16.8 Å². The first-order valence-corrected chi connectivity index (χ1v) is 9.75. The van der Waals surface area contributed by atoms with Crippen molar-refractivity contribution in [2.45, 2.75) is 45.6 Å². The molecule has 5 heteroatoms. The molecule has 0 aliphatic carbocycles. The second-order valence-corrected chi connectivity index (χ2v) is 8.51. The van der Waals surface area contributed by atoms with Gasteiger partial charge >= 0.3 is 0 Å². The quantitative estimate of drug-likeness (QED) is 0.508. The maximum Gasteiger partial charge on any atom is 0.246 e. The number of anilines is 2. The van der Waals surface area contributed by atoms with E-state index in [1.54, 1.807) is 0 Å². The topological polar surface area (TPSA) is 55.8 Å². The van der Waals surface area contributed by atoms with Crippen LogP contribution in [0.2, 0.25) is 0 Å². The Balaban J connectivity index is 1.88. The lowest BCUT2D eigenvalue weighted by Gasteiger charge is -2.19. The van der Waals surface area contributed by atoms with Crippen LogP contribution < -0.4 is 5.32 Å². The van der Waals surface area contributed by atoms with Gasteiger partial charge in [0.05, 0.1) is 6.54 Å². The minimum absolute atomic E-state index is 0.139. The summed E-state index contributed by atoms with van der Waals surface area (Å²) in [7, 11) is 3.94. The van der Waals surface area contributed by atoms with E-state index in [1.807, 2.05) is 43.3 Å². The van der Waals surface area contributed by atoms with E-state index in [9.17, 15) is 10.0 Å². The van der Waals surface area contributed by atoms with Gasteiger partial charge in [-0.25, -0.2) is 5.06 Å². The van der Waals surface area contributed by atoms with Crippen molar-refractivity contribution in [3.05, 3.63) is 59.7 Å². The molecule has 0 unspecified atom stereocenters. The first kappa shape index (κ1) is 21.9. The molecule has 0 fully saturated rings. The Morgan fingerprint density at radius 1 is 0.964 bits per heavy atom. The molecule has 5 nitrogen and oxygen atoms in total. The highest BCUT2D eigenvalue weighted by Gasteiger charge is 2.13. The van der Waals surface area contributed by atoms with Crippen molar-refractivity contribution in [2.75, 3.05) is 26.0 Å². The molecule has 0 bridgehead atoms. The van der Waals surface area contributed by atoms with Gasteiger partial charge < -0.3 is 10.2 Å². The minimum Gasteiger partial charge on any atom is -0.356 e. The van der Waals surface area contributed by atoms with E-state index in [2.05, 4.69) is 50.4 Å². The number of carbonyl (C=O) groups is 1. The van der Waals surface area contributed by atoms with Crippen molar-refractivity contribution >= 4 is 17.3 Å². The average Bonchev–Trinajstić information content (AvgIpc) is 2.62. The molecule has 0 aromatic heterocycles. The summed E-state index contributed by atoms with van der Waals surface area (Å²) < 4.78 is 0. The van der Waals surface area contributed by atoms with Gasteiger partial charge in [-0.15, -0.1) is 0 Å². The van der Waals surface area contributed by atoms with E-state index in [0.29, 0.717) is 6.42 Å². The Kier molecular flexibility index (Phi) is 7.61. The molecule has 0 radical (unpaired) electrons. The van der Waals surface area contributed by atoms with Crippen LogP contribution in [0, 0.1) is 0 Å².